The molecule has 148 valence electrons. The predicted octanol–water partition coefficient (Wildman–Crippen LogP) is 4.37. The molecule has 0 radical (unpaired) electrons. The standard InChI is InChI=1S/C18H19Cl3N6O/c1-10(7-27-12(3)16(21)11(2)24-27)17(28)23-18-22-9-26(25-18)8-13-4-5-14(19)15(20)6-13/h4-6,9-10H,7-8H2,1-3H3,(H,23,25,28). The Kier molecular flexibility index (Phi) is 6.27. The number of halogens is 3. The maximum Gasteiger partial charge on any atom is 0.248 e. The van der Waals surface area contributed by atoms with Crippen molar-refractivity contribution in [3.05, 3.63) is 56.5 Å². The molecule has 0 spiro atoms. The third-order valence-electron chi connectivity index (χ3n) is 4.29. The summed E-state index contributed by atoms with van der Waals surface area (Å²) in [4.78, 5) is 16.6. The smallest absolute Gasteiger partial charge is 0.248 e. The highest BCUT2D eigenvalue weighted by atomic mass is 35.5. The minimum atomic E-state index is -0.337. The maximum absolute atomic E-state index is 12.5. The van der Waals surface area contributed by atoms with Gasteiger partial charge in [0.2, 0.25) is 11.9 Å². The van der Waals surface area contributed by atoms with Gasteiger partial charge in [0.1, 0.15) is 6.33 Å². The molecular formula is C18H19Cl3N6O. The van der Waals surface area contributed by atoms with Gasteiger partial charge in [0.25, 0.3) is 0 Å². The lowest BCUT2D eigenvalue weighted by molar-refractivity contribution is -0.119. The minimum absolute atomic E-state index is 0.198. The summed E-state index contributed by atoms with van der Waals surface area (Å²) in [5.41, 5.74) is 2.50. The molecule has 0 aliphatic heterocycles. The number of anilines is 1. The molecule has 3 rings (SSSR count). The van der Waals surface area contributed by atoms with Crippen LogP contribution in [0.2, 0.25) is 15.1 Å². The first-order valence-corrected chi connectivity index (χ1v) is 9.71. The van der Waals surface area contributed by atoms with Crippen molar-refractivity contribution in [1.29, 1.82) is 0 Å². The van der Waals surface area contributed by atoms with Crippen LogP contribution in [0.4, 0.5) is 5.95 Å². The Labute approximate surface area is 177 Å². The van der Waals surface area contributed by atoms with Crippen molar-refractivity contribution in [2.24, 2.45) is 5.92 Å². The highest BCUT2D eigenvalue weighted by molar-refractivity contribution is 6.42. The molecule has 0 saturated carbocycles. The van der Waals surface area contributed by atoms with Crippen molar-refractivity contribution in [1.82, 2.24) is 24.5 Å². The summed E-state index contributed by atoms with van der Waals surface area (Å²) < 4.78 is 3.35. The monoisotopic (exact) mass is 440 g/mol. The number of carbonyl (C=O) groups is 1. The van der Waals surface area contributed by atoms with Crippen LogP contribution < -0.4 is 5.32 Å². The van der Waals surface area contributed by atoms with E-state index in [1.807, 2.05) is 26.8 Å². The van der Waals surface area contributed by atoms with E-state index in [0.717, 1.165) is 17.0 Å². The van der Waals surface area contributed by atoms with E-state index in [9.17, 15) is 4.79 Å². The van der Waals surface area contributed by atoms with Gasteiger partial charge in [-0.05, 0) is 31.5 Å². The van der Waals surface area contributed by atoms with Gasteiger partial charge in [0, 0.05) is 0 Å². The number of nitrogens with one attached hydrogen (secondary N) is 1. The lowest BCUT2D eigenvalue weighted by Gasteiger charge is -2.11. The van der Waals surface area contributed by atoms with Gasteiger partial charge >= 0.3 is 0 Å². The topological polar surface area (TPSA) is 77.6 Å². The van der Waals surface area contributed by atoms with E-state index in [1.54, 1.807) is 27.8 Å². The van der Waals surface area contributed by atoms with Crippen LogP contribution in [-0.2, 0) is 17.9 Å². The van der Waals surface area contributed by atoms with Gasteiger partial charge in [0.15, 0.2) is 0 Å². The second-order valence-electron chi connectivity index (χ2n) is 6.57. The number of amides is 1. The molecule has 1 amide bonds. The fourth-order valence-corrected chi connectivity index (χ4v) is 3.14. The molecule has 0 bridgehead atoms. The molecule has 28 heavy (non-hydrogen) atoms. The second-order valence-corrected chi connectivity index (χ2v) is 7.76. The predicted molar refractivity (Wildman–Crippen MR) is 110 cm³/mol. The van der Waals surface area contributed by atoms with E-state index in [4.69, 9.17) is 34.8 Å². The molecule has 1 aromatic carbocycles. The van der Waals surface area contributed by atoms with Crippen molar-refractivity contribution in [2.75, 3.05) is 5.32 Å². The molecule has 10 heteroatoms. The fourth-order valence-electron chi connectivity index (χ4n) is 2.68. The summed E-state index contributed by atoms with van der Waals surface area (Å²) in [6, 6.07) is 5.35. The Morgan fingerprint density at radius 2 is 1.93 bits per heavy atom. The summed E-state index contributed by atoms with van der Waals surface area (Å²) in [5, 5.41) is 12.9. The molecule has 1 N–H and O–H groups in total. The zero-order valence-corrected chi connectivity index (χ0v) is 17.8. The van der Waals surface area contributed by atoms with Crippen molar-refractivity contribution < 1.29 is 4.79 Å². The molecule has 2 heterocycles. The molecular weight excluding hydrogens is 423 g/mol. The number of carbonyl (C=O) groups excluding carboxylic acids is 1. The Bertz CT molecular complexity index is 1010. The van der Waals surface area contributed by atoms with Gasteiger partial charge in [-0.25, -0.2) is 9.67 Å². The quantitative estimate of drug-likeness (QED) is 0.616. The minimum Gasteiger partial charge on any atom is -0.293 e. The molecule has 0 fully saturated rings. The maximum atomic E-state index is 12.5. The number of nitrogens with zero attached hydrogens (tertiary/aromatic N) is 5. The summed E-state index contributed by atoms with van der Waals surface area (Å²) in [6.45, 7) is 6.39. The largest absolute Gasteiger partial charge is 0.293 e. The normalized spacial score (nSPS) is 12.2. The van der Waals surface area contributed by atoms with Crippen LogP contribution in [0.5, 0.6) is 0 Å². The summed E-state index contributed by atoms with van der Waals surface area (Å²) in [5.74, 6) is -0.296. The molecule has 1 unspecified atom stereocenters. The number of hydrogen-bond acceptors (Lipinski definition) is 4. The van der Waals surface area contributed by atoms with Gasteiger partial charge < -0.3 is 0 Å². The molecule has 0 saturated heterocycles. The highest BCUT2D eigenvalue weighted by Gasteiger charge is 2.18. The van der Waals surface area contributed by atoms with E-state index in [2.05, 4.69) is 20.5 Å². The average molecular weight is 442 g/mol. The fraction of sp³-hybridized carbons (Fsp3) is 0.333. The first kappa shape index (κ1) is 20.6. The second kappa shape index (κ2) is 8.51. The van der Waals surface area contributed by atoms with Crippen LogP contribution >= 0.6 is 34.8 Å². The van der Waals surface area contributed by atoms with Crippen molar-refractivity contribution in [2.45, 2.75) is 33.9 Å². The van der Waals surface area contributed by atoms with Crippen molar-refractivity contribution in [3.63, 3.8) is 0 Å². The molecule has 0 aliphatic rings. The van der Waals surface area contributed by atoms with Crippen LogP contribution in [-0.4, -0.2) is 30.5 Å². The van der Waals surface area contributed by atoms with E-state index >= 15 is 0 Å². The van der Waals surface area contributed by atoms with Crippen molar-refractivity contribution >= 4 is 46.7 Å². The number of benzene rings is 1. The number of rotatable bonds is 6. The van der Waals surface area contributed by atoms with Crippen LogP contribution in [0.3, 0.4) is 0 Å². The van der Waals surface area contributed by atoms with E-state index < -0.39 is 0 Å². The Morgan fingerprint density at radius 3 is 2.57 bits per heavy atom. The van der Waals surface area contributed by atoms with Crippen molar-refractivity contribution in [3.8, 4) is 0 Å². The van der Waals surface area contributed by atoms with Gasteiger partial charge in [-0.15, -0.1) is 5.10 Å². The first-order valence-electron chi connectivity index (χ1n) is 8.58. The number of aryl methyl sites for hydroxylation is 1. The lowest BCUT2D eigenvalue weighted by atomic mass is 10.1. The summed E-state index contributed by atoms with van der Waals surface area (Å²) in [6.07, 6.45) is 1.55. The number of aromatic nitrogens is 5. The zero-order valence-electron chi connectivity index (χ0n) is 15.6. The van der Waals surface area contributed by atoms with Gasteiger partial charge in [-0.3, -0.25) is 14.8 Å². The molecule has 3 aromatic rings. The average Bonchev–Trinajstić information content (AvgIpc) is 3.18. The van der Waals surface area contributed by atoms with Crippen LogP contribution in [0.15, 0.2) is 24.5 Å². The molecule has 1 atom stereocenters. The summed E-state index contributed by atoms with van der Waals surface area (Å²) >= 11 is 18.1. The van der Waals surface area contributed by atoms with Crippen LogP contribution in [0.25, 0.3) is 0 Å². The first-order chi connectivity index (χ1) is 13.2. The third-order valence-corrected chi connectivity index (χ3v) is 5.57. The van der Waals surface area contributed by atoms with E-state index in [-0.39, 0.29) is 17.8 Å². The highest BCUT2D eigenvalue weighted by Crippen LogP contribution is 2.23. The summed E-state index contributed by atoms with van der Waals surface area (Å²) in [7, 11) is 0. The Balaban J connectivity index is 1.61. The van der Waals surface area contributed by atoms with Crippen LogP contribution in [0, 0.1) is 19.8 Å². The Morgan fingerprint density at radius 1 is 1.18 bits per heavy atom. The van der Waals surface area contributed by atoms with Gasteiger partial charge in [-0.2, -0.15) is 5.10 Å². The van der Waals surface area contributed by atoms with Gasteiger partial charge in [-0.1, -0.05) is 47.8 Å². The zero-order chi connectivity index (χ0) is 20.4. The third kappa shape index (κ3) is 4.66. The van der Waals surface area contributed by atoms with Crippen LogP contribution in [0.1, 0.15) is 23.9 Å². The van der Waals surface area contributed by atoms with E-state index in [0.29, 0.717) is 28.2 Å². The number of hydrogen-bond donors (Lipinski definition) is 1. The Hall–Kier alpha value is -2.09. The molecule has 7 nitrogen and oxygen atoms in total. The van der Waals surface area contributed by atoms with E-state index in [1.165, 1.54) is 0 Å². The lowest BCUT2D eigenvalue weighted by Crippen LogP contribution is -2.26. The van der Waals surface area contributed by atoms with Gasteiger partial charge in [0.05, 0.1) is 45.5 Å². The molecule has 2 aromatic heterocycles. The SMILES string of the molecule is Cc1nn(CC(C)C(=O)Nc2ncn(Cc3ccc(Cl)c(Cl)c3)n2)c(C)c1Cl. The molecule has 0 aliphatic carbocycles.